The molecule has 94 valence electrons. The fraction of sp³-hybridized carbons (Fsp3) is 0.364. The number of hydrogen-bond acceptors (Lipinski definition) is 3. The van der Waals surface area contributed by atoms with E-state index in [2.05, 4.69) is 0 Å². The van der Waals surface area contributed by atoms with Crippen molar-refractivity contribution in [3.8, 4) is 0 Å². The average Bonchev–Trinajstić information content (AvgIpc) is 2.24. The van der Waals surface area contributed by atoms with E-state index in [0.29, 0.717) is 5.69 Å². The molecule has 0 aliphatic carbocycles. The largest absolute Gasteiger partial charge is 0.480 e. The SMILES string of the molecule is CCc1ccc(N(CC(=O)O)S(C)(=O)=O)cc1. The van der Waals surface area contributed by atoms with E-state index in [1.807, 2.05) is 6.92 Å². The number of hydrogen-bond donors (Lipinski definition) is 1. The molecule has 0 atom stereocenters. The fourth-order valence-corrected chi connectivity index (χ4v) is 2.27. The molecule has 0 aromatic heterocycles. The molecule has 0 unspecified atom stereocenters. The van der Waals surface area contributed by atoms with E-state index in [4.69, 9.17) is 5.11 Å². The summed E-state index contributed by atoms with van der Waals surface area (Å²) >= 11 is 0. The molecule has 0 aliphatic heterocycles. The molecular weight excluding hydrogens is 242 g/mol. The minimum atomic E-state index is -3.58. The minimum absolute atomic E-state index is 0.368. The first-order valence-electron chi connectivity index (χ1n) is 5.13. The Morgan fingerprint density at radius 3 is 2.18 bits per heavy atom. The van der Waals surface area contributed by atoms with Crippen LogP contribution in [-0.2, 0) is 21.2 Å². The number of rotatable bonds is 5. The van der Waals surface area contributed by atoms with Gasteiger partial charge in [0.25, 0.3) is 0 Å². The smallest absolute Gasteiger partial charge is 0.324 e. The monoisotopic (exact) mass is 257 g/mol. The molecule has 0 radical (unpaired) electrons. The van der Waals surface area contributed by atoms with E-state index < -0.39 is 22.5 Å². The fourth-order valence-electron chi connectivity index (χ4n) is 1.42. The molecule has 1 rings (SSSR count). The summed E-state index contributed by atoms with van der Waals surface area (Å²) in [7, 11) is -3.58. The van der Waals surface area contributed by atoms with Gasteiger partial charge in [0.1, 0.15) is 6.54 Å². The van der Waals surface area contributed by atoms with Gasteiger partial charge >= 0.3 is 5.97 Å². The van der Waals surface area contributed by atoms with Crippen LogP contribution in [0.2, 0.25) is 0 Å². The third-order valence-electron chi connectivity index (χ3n) is 2.31. The van der Waals surface area contributed by atoms with Gasteiger partial charge in [0.05, 0.1) is 11.9 Å². The molecule has 1 aromatic rings. The zero-order chi connectivity index (χ0) is 13.1. The predicted molar refractivity (Wildman–Crippen MR) is 65.6 cm³/mol. The van der Waals surface area contributed by atoms with Gasteiger partial charge in [0.15, 0.2) is 0 Å². The quantitative estimate of drug-likeness (QED) is 0.857. The number of benzene rings is 1. The molecule has 17 heavy (non-hydrogen) atoms. The molecule has 0 fully saturated rings. The molecule has 6 heteroatoms. The lowest BCUT2D eigenvalue weighted by Gasteiger charge is -2.20. The molecular formula is C11H15NO4S. The Labute approximate surface area is 101 Å². The Morgan fingerprint density at radius 1 is 1.29 bits per heavy atom. The first-order chi connectivity index (χ1) is 7.84. The maximum Gasteiger partial charge on any atom is 0.324 e. The van der Waals surface area contributed by atoms with E-state index in [-0.39, 0.29) is 0 Å². The zero-order valence-electron chi connectivity index (χ0n) is 9.75. The Balaban J connectivity index is 3.09. The normalized spacial score (nSPS) is 11.2. The van der Waals surface area contributed by atoms with Crippen LogP contribution in [0.25, 0.3) is 0 Å². The van der Waals surface area contributed by atoms with Crippen molar-refractivity contribution in [3.05, 3.63) is 29.8 Å². The van der Waals surface area contributed by atoms with Gasteiger partial charge in [-0.15, -0.1) is 0 Å². The molecule has 0 spiro atoms. The maximum absolute atomic E-state index is 11.5. The Morgan fingerprint density at radius 2 is 1.82 bits per heavy atom. The van der Waals surface area contributed by atoms with Gasteiger partial charge in [-0.3, -0.25) is 9.10 Å². The summed E-state index contributed by atoms with van der Waals surface area (Å²) < 4.78 is 23.8. The van der Waals surface area contributed by atoms with Crippen molar-refractivity contribution in [2.24, 2.45) is 0 Å². The van der Waals surface area contributed by atoms with Gasteiger partial charge < -0.3 is 5.11 Å². The van der Waals surface area contributed by atoms with Gasteiger partial charge in [-0.05, 0) is 24.1 Å². The number of carboxylic acids is 1. The third kappa shape index (κ3) is 3.74. The highest BCUT2D eigenvalue weighted by atomic mass is 32.2. The number of sulfonamides is 1. The lowest BCUT2D eigenvalue weighted by atomic mass is 10.1. The highest BCUT2D eigenvalue weighted by Crippen LogP contribution is 2.18. The Hall–Kier alpha value is -1.56. The van der Waals surface area contributed by atoms with Crippen LogP contribution in [0.5, 0.6) is 0 Å². The summed E-state index contributed by atoms with van der Waals surface area (Å²) in [5.74, 6) is -1.19. The zero-order valence-corrected chi connectivity index (χ0v) is 10.6. The van der Waals surface area contributed by atoms with Crippen molar-refractivity contribution in [2.75, 3.05) is 17.1 Å². The summed E-state index contributed by atoms with van der Waals surface area (Å²) in [4.78, 5) is 10.6. The highest BCUT2D eigenvalue weighted by molar-refractivity contribution is 7.92. The predicted octanol–water partition coefficient (Wildman–Crippen LogP) is 1.10. The molecule has 0 heterocycles. The topological polar surface area (TPSA) is 74.7 Å². The van der Waals surface area contributed by atoms with E-state index in [0.717, 1.165) is 22.5 Å². The van der Waals surface area contributed by atoms with E-state index in [9.17, 15) is 13.2 Å². The first-order valence-corrected chi connectivity index (χ1v) is 6.98. The van der Waals surface area contributed by atoms with E-state index in [1.54, 1.807) is 24.3 Å². The molecule has 0 bridgehead atoms. The Kier molecular flexibility index (Phi) is 4.11. The molecule has 5 nitrogen and oxygen atoms in total. The van der Waals surface area contributed by atoms with E-state index in [1.165, 1.54) is 0 Å². The second kappa shape index (κ2) is 5.18. The van der Waals surface area contributed by atoms with Crippen molar-refractivity contribution in [3.63, 3.8) is 0 Å². The molecule has 1 N–H and O–H groups in total. The Bertz CT molecular complexity index is 493. The van der Waals surface area contributed by atoms with Crippen LogP contribution in [-0.4, -0.2) is 32.3 Å². The van der Waals surface area contributed by atoms with Crippen molar-refractivity contribution < 1.29 is 18.3 Å². The van der Waals surface area contributed by atoms with Crippen molar-refractivity contribution >= 4 is 21.7 Å². The van der Waals surface area contributed by atoms with Gasteiger partial charge in [0.2, 0.25) is 10.0 Å². The van der Waals surface area contributed by atoms with Crippen LogP contribution < -0.4 is 4.31 Å². The lowest BCUT2D eigenvalue weighted by molar-refractivity contribution is -0.135. The highest BCUT2D eigenvalue weighted by Gasteiger charge is 2.19. The van der Waals surface area contributed by atoms with Gasteiger partial charge in [-0.2, -0.15) is 0 Å². The average molecular weight is 257 g/mol. The van der Waals surface area contributed by atoms with E-state index >= 15 is 0 Å². The maximum atomic E-state index is 11.5. The van der Waals surface area contributed by atoms with Crippen molar-refractivity contribution in [1.82, 2.24) is 0 Å². The standard InChI is InChI=1S/C11H15NO4S/c1-3-9-4-6-10(7-5-9)12(8-11(13)14)17(2,15)16/h4-7H,3,8H2,1-2H3,(H,13,14). The summed E-state index contributed by atoms with van der Waals surface area (Å²) in [6, 6.07) is 6.80. The summed E-state index contributed by atoms with van der Waals surface area (Å²) in [5, 5.41) is 8.70. The van der Waals surface area contributed by atoms with Gasteiger partial charge in [-0.25, -0.2) is 8.42 Å². The summed E-state index contributed by atoms with van der Waals surface area (Å²) in [6.07, 6.45) is 1.84. The van der Waals surface area contributed by atoms with Crippen LogP contribution in [0.3, 0.4) is 0 Å². The third-order valence-corrected chi connectivity index (χ3v) is 3.45. The lowest BCUT2D eigenvalue weighted by Crippen LogP contribution is -2.34. The van der Waals surface area contributed by atoms with Crippen molar-refractivity contribution in [1.29, 1.82) is 0 Å². The molecule has 0 saturated heterocycles. The molecule has 0 aliphatic rings. The van der Waals surface area contributed by atoms with Gasteiger partial charge in [0, 0.05) is 0 Å². The summed E-state index contributed by atoms with van der Waals surface area (Å²) in [5.41, 5.74) is 1.43. The van der Waals surface area contributed by atoms with Crippen LogP contribution >= 0.6 is 0 Å². The van der Waals surface area contributed by atoms with Crippen LogP contribution in [0.4, 0.5) is 5.69 Å². The van der Waals surface area contributed by atoms with Crippen LogP contribution in [0, 0.1) is 0 Å². The van der Waals surface area contributed by atoms with Crippen LogP contribution in [0.15, 0.2) is 24.3 Å². The first kappa shape index (κ1) is 13.5. The second-order valence-corrected chi connectivity index (χ2v) is 5.59. The molecule has 0 saturated carbocycles. The van der Waals surface area contributed by atoms with Crippen LogP contribution in [0.1, 0.15) is 12.5 Å². The second-order valence-electron chi connectivity index (χ2n) is 3.68. The summed E-state index contributed by atoms with van der Waals surface area (Å²) in [6.45, 7) is 1.42. The number of carboxylic acid groups (broad SMARTS) is 1. The number of anilines is 1. The van der Waals surface area contributed by atoms with Gasteiger partial charge in [-0.1, -0.05) is 19.1 Å². The molecule has 0 amide bonds. The number of aryl methyl sites for hydroxylation is 1. The number of carbonyl (C=O) groups is 1. The number of aliphatic carboxylic acids is 1. The van der Waals surface area contributed by atoms with Crippen molar-refractivity contribution in [2.45, 2.75) is 13.3 Å². The molecule has 1 aromatic carbocycles. The minimum Gasteiger partial charge on any atom is -0.480 e. The number of nitrogens with zero attached hydrogens (tertiary/aromatic N) is 1.